The molecule has 2 heterocycles. The molecule has 18 heavy (non-hydrogen) atoms. The molecule has 0 spiro atoms. The maximum absolute atomic E-state index is 4.62. The number of hydrogen-bond donors (Lipinski definition) is 1. The minimum absolute atomic E-state index is 0.910. The molecule has 3 nitrogen and oxygen atoms in total. The van der Waals surface area contributed by atoms with Crippen molar-refractivity contribution in [3.8, 4) is 11.4 Å². The number of rotatable bonds is 2. The van der Waals surface area contributed by atoms with Gasteiger partial charge in [0.25, 0.3) is 0 Å². The fraction of sp³-hybridized carbons (Fsp3) is 0.200. The van der Waals surface area contributed by atoms with Crippen molar-refractivity contribution in [3.63, 3.8) is 0 Å². The normalized spacial score (nSPS) is 11.0. The number of nitrogens with zero attached hydrogens (tertiary/aromatic N) is 2. The van der Waals surface area contributed by atoms with Crippen LogP contribution in [0.5, 0.6) is 0 Å². The molecule has 0 saturated carbocycles. The van der Waals surface area contributed by atoms with Gasteiger partial charge in [0.1, 0.15) is 5.82 Å². The number of pyridine rings is 1. The number of aromatic amines is 1. The Morgan fingerprint density at radius 3 is 2.89 bits per heavy atom. The van der Waals surface area contributed by atoms with Crippen molar-refractivity contribution in [3.05, 3.63) is 47.8 Å². The van der Waals surface area contributed by atoms with Crippen LogP contribution >= 0.6 is 0 Å². The van der Waals surface area contributed by atoms with Crippen LogP contribution in [-0.4, -0.2) is 15.0 Å². The summed E-state index contributed by atoms with van der Waals surface area (Å²) >= 11 is 0. The fourth-order valence-electron chi connectivity index (χ4n) is 2.08. The highest BCUT2D eigenvalue weighted by Crippen LogP contribution is 2.21. The third kappa shape index (κ3) is 1.88. The molecule has 0 aliphatic carbocycles. The van der Waals surface area contributed by atoms with E-state index in [1.54, 1.807) is 0 Å². The van der Waals surface area contributed by atoms with Crippen LogP contribution in [0.15, 0.2) is 36.5 Å². The van der Waals surface area contributed by atoms with Crippen LogP contribution < -0.4 is 0 Å². The van der Waals surface area contributed by atoms with Crippen LogP contribution in [0, 0.1) is 6.92 Å². The van der Waals surface area contributed by atoms with Crippen molar-refractivity contribution < 1.29 is 0 Å². The van der Waals surface area contributed by atoms with Gasteiger partial charge in [-0.1, -0.05) is 13.0 Å². The number of aromatic nitrogens is 3. The summed E-state index contributed by atoms with van der Waals surface area (Å²) in [6, 6.07) is 10.3. The number of imidazole rings is 1. The van der Waals surface area contributed by atoms with E-state index in [9.17, 15) is 0 Å². The van der Waals surface area contributed by atoms with Crippen LogP contribution in [0.2, 0.25) is 0 Å². The second-order valence-corrected chi connectivity index (χ2v) is 4.50. The van der Waals surface area contributed by atoms with Crippen molar-refractivity contribution in [1.82, 2.24) is 15.0 Å². The second kappa shape index (κ2) is 4.26. The molecule has 3 rings (SSSR count). The van der Waals surface area contributed by atoms with E-state index >= 15 is 0 Å². The molecule has 0 radical (unpaired) electrons. The summed E-state index contributed by atoms with van der Waals surface area (Å²) in [4.78, 5) is 12.3. The SMILES string of the molecule is CCc1cc(-c2nc3ccc(C)cc3[nH]2)ccn1. The Kier molecular flexibility index (Phi) is 2.59. The summed E-state index contributed by atoms with van der Waals surface area (Å²) < 4.78 is 0. The van der Waals surface area contributed by atoms with E-state index in [4.69, 9.17) is 0 Å². The molecule has 0 fully saturated rings. The number of nitrogens with one attached hydrogen (secondary N) is 1. The van der Waals surface area contributed by atoms with Gasteiger partial charge in [-0.25, -0.2) is 4.98 Å². The Morgan fingerprint density at radius 2 is 2.06 bits per heavy atom. The Morgan fingerprint density at radius 1 is 1.17 bits per heavy atom. The monoisotopic (exact) mass is 237 g/mol. The zero-order valence-electron chi connectivity index (χ0n) is 10.6. The van der Waals surface area contributed by atoms with Gasteiger partial charge in [0.2, 0.25) is 0 Å². The van der Waals surface area contributed by atoms with E-state index in [0.29, 0.717) is 0 Å². The number of H-pyrrole nitrogens is 1. The lowest BCUT2D eigenvalue weighted by molar-refractivity contribution is 1.03. The van der Waals surface area contributed by atoms with Crippen molar-refractivity contribution in [2.45, 2.75) is 20.3 Å². The van der Waals surface area contributed by atoms with Gasteiger partial charge in [0, 0.05) is 17.5 Å². The molecule has 3 aromatic rings. The predicted molar refractivity (Wildman–Crippen MR) is 73.4 cm³/mol. The lowest BCUT2D eigenvalue weighted by Gasteiger charge is -1.99. The van der Waals surface area contributed by atoms with Crippen molar-refractivity contribution in [2.24, 2.45) is 0 Å². The Hall–Kier alpha value is -2.16. The number of benzene rings is 1. The highest BCUT2D eigenvalue weighted by Gasteiger charge is 2.06. The number of aryl methyl sites for hydroxylation is 2. The molecule has 0 aliphatic rings. The maximum atomic E-state index is 4.62. The smallest absolute Gasteiger partial charge is 0.138 e. The van der Waals surface area contributed by atoms with Gasteiger partial charge >= 0.3 is 0 Å². The van der Waals surface area contributed by atoms with E-state index in [1.807, 2.05) is 18.3 Å². The van der Waals surface area contributed by atoms with Crippen LogP contribution in [0.25, 0.3) is 22.4 Å². The maximum Gasteiger partial charge on any atom is 0.138 e. The van der Waals surface area contributed by atoms with Crippen LogP contribution in [0.4, 0.5) is 0 Å². The van der Waals surface area contributed by atoms with Crippen LogP contribution in [0.1, 0.15) is 18.2 Å². The van der Waals surface area contributed by atoms with Gasteiger partial charge < -0.3 is 4.98 Å². The zero-order chi connectivity index (χ0) is 12.5. The number of fused-ring (bicyclic) bond motifs is 1. The third-order valence-electron chi connectivity index (χ3n) is 3.09. The van der Waals surface area contributed by atoms with Gasteiger partial charge in [-0.15, -0.1) is 0 Å². The van der Waals surface area contributed by atoms with E-state index in [-0.39, 0.29) is 0 Å². The van der Waals surface area contributed by atoms with Crippen molar-refractivity contribution >= 4 is 11.0 Å². The van der Waals surface area contributed by atoms with E-state index in [2.05, 4.69) is 47.0 Å². The quantitative estimate of drug-likeness (QED) is 0.741. The molecular weight excluding hydrogens is 222 g/mol. The molecule has 3 heteroatoms. The minimum atomic E-state index is 0.910. The molecule has 0 unspecified atom stereocenters. The second-order valence-electron chi connectivity index (χ2n) is 4.50. The molecule has 0 aliphatic heterocycles. The summed E-state index contributed by atoms with van der Waals surface area (Å²) in [5, 5.41) is 0. The van der Waals surface area contributed by atoms with Crippen molar-refractivity contribution in [1.29, 1.82) is 0 Å². The summed E-state index contributed by atoms with van der Waals surface area (Å²) in [6.07, 6.45) is 2.78. The average molecular weight is 237 g/mol. The molecule has 0 amide bonds. The van der Waals surface area contributed by atoms with Crippen LogP contribution in [-0.2, 0) is 6.42 Å². The molecule has 0 atom stereocenters. The first kappa shape index (κ1) is 11.0. The van der Waals surface area contributed by atoms with Gasteiger partial charge in [-0.2, -0.15) is 0 Å². The van der Waals surface area contributed by atoms with Crippen molar-refractivity contribution in [2.75, 3.05) is 0 Å². The molecule has 0 saturated heterocycles. The van der Waals surface area contributed by atoms with Gasteiger partial charge in [0.05, 0.1) is 11.0 Å². The first-order valence-corrected chi connectivity index (χ1v) is 6.18. The largest absolute Gasteiger partial charge is 0.338 e. The van der Waals surface area contributed by atoms with Gasteiger partial charge in [-0.3, -0.25) is 4.98 Å². The van der Waals surface area contributed by atoms with Crippen LogP contribution in [0.3, 0.4) is 0 Å². The molecule has 1 aromatic carbocycles. The molecule has 2 aromatic heterocycles. The van der Waals surface area contributed by atoms with E-state index < -0.39 is 0 Å². The first-order valence-electron chi connectivity index (χ1n) is 6.18. The first-order chi connectivity index (χ1) is 8.76. The van der Waals surface area contributed by atoms with E-state index in [0.717, 1.165) is 34.5 Å². The Labute approximate surface area is 106 Å². The molecular formula is C15H15N3. The predicted octanol–water partition coefficient (Wildman–Crippen LogP) is 3.50. The number of hydrogen-bond acceptors (Lipinski definition) is 2. The summed E-state index contributed by atoms with van der Waals surface area (Å²) in [5.41, 5.74) is 5.51. The topological polar surface area (TPSA) is 41.6 Å². The Bertz CT molecular complexity index is 698. The van der Waals surface area contributed by atoms with Gasteiger partial charge in [-0.05, 0) is 43.2 Å². The molecule has 90 valence electrons. The lowest BCUT2D eigenvalue weighted by atomic mass is 10.2. The van der Waals surface area contributed by atoms with Gasteiger partial charge in [0.15, 0.2) is 0 Å². The summed E-state index contributed by atoms with van der Waals surface area (Å²) in [6.45, 7) is 4.19. The minimum Gasteiger partial charge on any atom is -0.338 e. The fourth-order valence-corrected chi connectivity index (χ4v) is 2.08. The summed E-state index contributed by atoms with van der Waals surface area (Å²) in [5.74, 6) is 0.910. The standard InChI is InChI=1S/C15H15N3/c1-3-12-9-11(6-7-16-12)15-17-13-5-4-10(2)8-14(13)18-15/h4-9H,3H2,1-2H3,(H,17,18). The Balaban J connectivity index is 2.13. The highest BCUT2D eigenvalue weighted by molar-refractivity contribution is 5.79. The molecule has 0 bridgehead atoms. The molecule has 1 N–H and O–H groups in total. The highest BCUT2D eigenvalue weighted by atomic mass is 14.9. The lowest BCUT2D eigenvalue weighted by Crippen LogP contribution is -1.88. The van der Waals surface area contributed by atoms with E-state index in [1.165, 1.54) is 5.56 Å². The third-order valence-corrected chi connectivity index (χ3v) is 3.09. The zero-order valence-corrected chi connectivity index (χ0v) is 10.6. The average Bonchev–Trinajstić information content (AvgIpc) is 2.81. The summed E-state index contributed by atoms with van der Waals surface area (Å²) in [7, 11) is 0.